The van der Waals surface area contributed by atoms with Crippen LogP contribution in [0, 0.1) is 11.3 Å². The Morgan fingerprint density at radius 3 is 2.79 bits per heavy atom. The molecule has 0 aliphatic carbocycles. The smallest absolute Gasteiger partial charge is 0.230 e. The van der Waals surface area contributed by atoms with Gasteiger partial charge in [-0.2, -0.15) is 0 Å². The normalized spacial score (nSPS) is 26.6. The van der Waals surface area contributed by atoms with Crippen molar-refractivity contribution in [3.63, 3.8) is 0 Å². The summed E-state index contributed by atoms with van der Waals surface area (Å²) in [5, 5.41) is 2.79. The zero-order valence-electron chi connectivity index (χ0n) is 8.80. The van der Waals surface area contributed by atoms with Crippen LogP contribution in [0.25, 0.3) is 0 Å². The Balaban J connectivity index is 2.82. The molecule has 1 unspecified atom stereocenters. The number of rotatable bonds is 2. The second-order valence-corrected chi connectivity index (χ2v) is 4.60. The van der Waals surface area contributed by atoms with E-state index in [1.165, 1.54) is 0 Å². The topological polar surface area (TPSA) is 46.2 Å². The first kappa shape index (κ1) is 11.0. The fraction of sp³-hybridized carbons (Fsp3) is 0.636. The predicted molar refractivity (Wildman–Crippen MR) is 54.7 cm³/mol. The molecule has 1 rings (SSSR count). The molecule has 78 valence electrons. The van der Waals surface area contributed by atoms with Crippen LogP contribution >= 0.6 is 0 Å². The van der Waals surface area contributed by atoms with E-state index in [4.69, 9.17) is 0 Å². The number of ketones is 1. The van der Waals surface area contributed by atoms with Crippen LogP contribution in [0.3, 0.4) is 0 Å². The lowest BCUT2D eigenvalue weighted by molar-refractivity contribution is -0.132. The Labute approximate surface area is 84.6 Å². The highest BCUT2D eigenvalue weighted by atomic mass is 16.2. The fourth-order valence-electron chi connectivity index (χ4n) is 1.66. The van der Waals surface area contributed by atoms with Gasteiger partial charge in [-0.1, -0.05) is 19.9 Å². The molecule has 14 heavy (non-hydrogen) atoms. The molecule has 0 radical (unpaired) electrons. The van der Waals surface area contributed by atoms with Crippen LogP contribution in [0.15, 0.2) is 12.7 Å². The van der Waals surface area contributed by atoms with Crippen molar-refractivity contribution in [2.24, 2.45) is 11.3 Å². The minimum Gasteiger partial charge on any atom is -0.355 e. The highest BCUT2D eigenvalue weighted by molar-refractivity contribution is 6.02. The van der Waals surface area contributed by atoms with Crippen molar-refractivity contribution < 1.29 is 9.59 Å². The van der Waals surface area contributed by atoms with E-state index in [0.29, 0.717) is 19.4 Å². The first-order chi connectivity index (χ1) is 6.46. The molecule has 1 amide bonds. The highest BCUT2D eigenvalue weighted by Crippen LogP contribution is 2.26. The van der Waals surface area contributed by atoms with Gasteiger partial charge in [-0.15, -0.1) is 6.58 Å². The molecule has 1 saturated heterocycles. The maximum atomic E-state index is 11.7. The van der Waals surface area contributed by atoms with Crippen molar-refractivity contribution in [3.8, 4) is 0 Å². The average molecular weight is 195 g/mol. The molecule has 1 atom stereocenters. The fourth-order valence-corrected chi connectivity index (χ4v) is 1.66. The van der Waals surface area contributed by atoms with Crippen molar-refractivity contribution in [2.45, 2.75) is 26.7 Å². The van der Waals surface area contributed by atoms with Gasteiger partial charge in [0.1, 0.15) is 5.78 Å². The Hall–Kier alpha value is -1.12. The summed E-state index contributed by atoms with van der Waals surface area (Å²) in [5.74, 6) is -0.639. The van der Waals surface area contributed by atoms with E-state index < -0.39 is 5.92 Å². The molecule has 0 saturated carbocycles. The molecule has 1 heterocycles. The van der Waals surface area contributed by atoms with Gasteiger partial charge in [-0.05, 0) is 11.8 Å². The number of nitrogens with one attached hydrogen (secondary N) is 1. The summed E-state index contributed by atoms with van der Waals surface area (Å²) in [6.07, 6.45) is 2.53. The van der Waals surface area contributed by atoms with Gasteiger partial charge in [0.05, 0.1) is 5.92 Å². The van der Waals surface area contributed by atoms with Crippen LogP contribution in [0.5, 0.6) is 0 Å². The molecule has 1 aliphatic rings. The van der Waals surface area contributed by atoms with Gasteiger partial charge in [0.2, 0.25) is 5.91 Å². The summed E-state index contributed by atoms with van der Waals surface area (Å²) in [6.45, 7) is 8.11. The SMILES string of the molecule is C=CCC1C(=O)CC(C)(C)CNC1=O. The minimum atomic E-state index is -0.519. The van der Waals surface area contributed by atoms with E-state index in [-0.39, 0.29) is 17.1 Å². The number of hydrogen-bond donors (Lipinski definition) is 1. The zero-order valence-corrected chi connectivity index (χ0v) is 8.80. The molecule has 1 aliphatic heterocycles. The third kappa shape index (κ3) is 2.44. The Morgan fingerprint density at radius 1 is 1.57 bits per heavy atom. The quantitative estimate of drug-likeness (QED) is 0.533. The number of carbonyl (C=O) groups excluding carboxylic acids is 2. The maximum absolute atomic E-state index is 11.7. The lowest BCUT2D eigenvalue weighted by atomic mass is 9.85. The average Bonchev–Trinajstić information content (AvgIpc) is 2.16. The molecule has 3 heteroatoms. The van der Waals surface area contributed by atoms with Gasteiger partial charge in [0.25, 0.3) is 0 Å². The Kier molecular flexibility index (Phi) is 3.09. The standard InChI is InChI=1S/C11H17NO2/c1-4-5-8-9(13)6-11(2,3)7-12-10(8)14/h4,8H,1,5-7H2,2-3H3,(H,12,14). The van der Waals surface area contributed by atoms with E-state index in [9.17, 15) is 9.59 Å². The van der Waals surface area contributed by atoms with E-state index in [2.05, 4.69) is 11.9 Å². The molecule has 1 fully saturated rings. The van der Waals surface area contributed by atoms with Gasteiger partial charge in [0, 0.05) is 13.0 Å². The van der Waals surface area contributed by atoms with Crippen LogP contribution in [0.1, 0.15) is 26.7 Å². The summed E-state index contributed by atoms with van der Waals surface area (Å²) in [7, 11) is 0. The number of amides is 1. The number of hydrogen-bond acceptors (Lipinski definition) is 2. The molecule has 3 nitrogen and oxygen atoms in total. The third-order valence-electron chi connectivity index (χ3n) is 2.50. The molecule has 1 N–H and O–H groups in total. The van der Waals surface area contributed by atoms with Crippen LogP contribution in [-0.2, 0) is 9.59 Å². The van der Waals surface area contributed by atoms with E-state index in [1.54, 1.807) is 6.08 Å². The Morgan fingerprint density at radius 2 is 2.21 bits per heavy atom. The molecular formula is C11H17NO2. The molecule has 0 aromatic heterocycles. The summed E-state index contributed by atoms with van der Waals surface area (Å²) in [5.41, 5.74) is -0.122. The summed E-state index contributed by atoms with van der Waals surface area (Å²) >= 11 is 0. The second-order valence-electron chi connectivity index (χ2n) is 4.60. The molecule has 0 bridgehead atoms. The van der Waals surface area contributed by atoms with E-state index in [0.717, 1.165) is 0 Å². The van der Waals surface area contributed by atoms with Gasteiger partial charge in [0.15, 0.2) is 0 Å². The lowest BCUT2D eigenvalue weighted by Crippen LogP contribution is -2.33. The maximum Gasteiger partial charge on any atom is 0.230 e. The van der Waals surface area contributed by atoms with Crippen LogP contribution < -0.4 is 5.32 Å². The van der Waals surface area contributed by atoms with Crippen molar-refractivity contribution in [1.82, 2.24) is 5.32 Å². The largest absolute Gasteiger partial charge is 0.355 e. The van der Waals surface area contributed by atoms with E-state index in [1.807, 2.05) is 13.8 Å². The molecule has 0 spiro atoms. The summed E-state index contributed by atoms with van der Waals surface area (Å²) < 4.78 is 0. The van der Waals surface area contributed by atoms with Crippen LogP contribution in [-0.4, -0.2) is 18.2 Å². The number of Topliss-reactive ketones (excluding diaryl/α,β-unsaturated/α-hetero) is 1. The summed E-state index contributed by atoms with van der Waals surface area (Å²) in [6, 6.07) is 0. The van der Waals surface area contributed by atoms with E-state index >= 15 is 0 Å². The monoisotopic (exact) mass is 195 g/mol. The number of allylic oxidation sites excluding steroid dienone is 1. The molecular weight excluding hydrogens is 178 g/mol. The second kappa shape index (κ2) is 3.95. The summed E-state index contributed by atoms with van der Waals surface area (Å²) in [4.78, 5) is 23.2. The van der Waals surface area contributed by atoms with Gasteiger partial charge in [-0.3, -0.25) is 9.59 Å². The first-order valence-electron chi connectivity index (χ1n) is 4.87. The van der Waals surface area contributed by atoms with Crippen LogP contribution in [0.2, 0.25) is 0 Å². The lowest BCUT2D eigenvalue weighted by Gasteiger charge is -2.20. The minimum absolute atomic E-state index is 0.0323. The van der Waals surface area contributed by atoms with Crippen LogP contribution in [0.4, 0.5) is 0 Å². The molecule has 0 aromatic rings. The highest BCUT2D eigenvalue weighted by Gasteiger charge is 2.34. The first-order valence-corrected chi connectivity index (χ1v) is 4.87. The van der Waals surface area contributed by atoms with Crippen molar-refractivity contribution in [3.05, 3.63) is 12.7 Å². The van der Waals surface area contributed by atoms with Gasteiger partial charge < -0.3 is 5.32 Å². The van der Waals surface area contributed by atoms with Crippen molar-refractivity contribution >= 4 is 11.7 Å². The predicted octanol–water partition coefficient (Wildman–Crippen LogP) is 1.29. The zero-order chi connectivity index (χ0) is 10.8. The third-order valence-corrected chi connectivity index (χ3v) is 2.50. The van der Waals surface area contributed by atoms with Gasteiger partial charge >= 0.3 is 0 Å². The number of carbonyl (C=O) groups is 2. The van der Waals surface area contributed by atoms with Crippen molar-refractivity contribution in [2.75, 3.05) is 6.54 Å². The molecule has 0 aromatic carbocycles. The van der Waals surface area contributed by atoms with Gasteiger partial charge in [-0.25, -0.2) is 0 Å². The van der Waals surface area contributed by atoms with Crippen molar-refractivity contribution in [1.29, 1.82) is 0 Å². The Bertz CT molecular complexity index is 268.